The van der Waals surface area contributed by atoms with E-state index >= 15 is 0 Å². The number of nitrogens with one attached hydrogen (secondary N) is 2. The summed E-state index contributed by atoms with van der Waals surface area (Å²) in [6.45, 7) is 7.61. The molecule has 3 nitrogen and oxygen atoms in total. The lowest BCUT2D eigenvalue weighted by atomic mass is 9.76. The van der Waals surface area contributed by atoms with E-state index in [9.17, 15) is 4.79 Å². The van der Waals surface area contributed by atoms with Gasteiger partial charge in [0.2, 0.25) is 5.91 Å². The van der Waals surface area contributed by atoms with Gasteiger partial charge in [0, 0.05) is 23.9 Å². The second-order valence-electron chi connectivity index (χ2n) is 6.61. The van der Waals surface area contributed by atoms with Crippen LogP contribution in [-0.2, 0) is 10.2 Å². The van der Waals surface area contributed by atoms with E-state index in [-0.39, 0.29) is 17.4 Å². The number of benzene rings is 1. The Hall–Kier alpha value is -1.35. The molecule has 2 unspecified atom stereocenters. The first-order valence-electron chi connectivity index (χ1n) is 8.12. The second-order valence-corrected chi connectivity index (χ2v) is 6.61. The predicted molar refractivity (Wildman–Crippen MR) is 87.3 cm³/mol. The van der Waals surface area contributed by atoms with Gasteiger partial charge in [-0.1, -0.05) is 51.1 Å². The highest BCUT2D eigenvalue weighted by atomic mass is 16.1. The van der Waals surface area contributed by atoms with Gasteiger partial charge in [0.05, 0.1) is 0 Å². The highest BCUT2D eigenvalue weighted by molar-refractivity contribution is 5.77. The van der Waals surface area contributed by atoms with Gasteiger partial charge in [0.25, 0.3) is 0 Å². The third kappa shape index (κ3) is 4.07. The molecule has 116 valence electrons. The van der Waals surface area contributed by atoms with E-state index in [0.29, 0.717) is 12.5 Å². The largest absolute Gasteiger partial charge is 0.352 e. The lowest BCUT2D eigenvalue weighted by Crippen LogP contribution is -2.48. The van der Waals surface area contributed by atoms with Crippen LogP contribution in [0.4, 0.5) is 0 Å². The Balaban J connectivity index is 1.99. The molecular formula is C18H28N2O. The molecule has 0 aromatic heterocycles. The van der Waals surface area contributed by atoms with Crippen LogP contribution < -0.4 is 10.6 Å². The first kappa shape index (κ1) is 16.0. The predicted octanol–water partition coefficient (Wildman–Crippen LogP) is 3.00. The van der Waals surface area contributed by atoms with Gasteiger partial charge in [-0.15, -0.1) is 0 Å². The van der Waals surface area contributed by atoms with Crippen molar-refractivity contribution < 1.29 is 4.79 Å². The number of hydrogen-bond donors (Lipinski definition) is 2. The molecule has 21 heavy (non-hydrogen) atoms. The molecule has 1 fully saturated rings. The van der Waals surface area contributed by atoms with Crippen molar-refractivity contribution in [1.82, 2.24) is 10.6 Å². The van der Waals surface area contributed by atoms with E-state index in [4.69, 9.17) is 0 Å². The number of carbonyl (C=O) groups excluding carboxylic acids is 1. The number of amides is 1. The van der Waals surface area contributed by atoms with Crippen molar-refractivity contribution in [2.24, 2.45) is 0 Å². The van der Waals surface area contributed by atoms with Gasteiger partial charge in [-0.2, -0.15) is 0 Å². The third-order valence-corrected chi connectivity index (χ3v) is 4.73. The summed E-state index contributed by atoms with van der Waals surface area (Å²) < 4.78 is 0. The fraction of sp³-hybridized carbons (Fsp3) is 0.611. The second kappa shape index (κ2) is 7.08. The van der Waals surface area contributed by atoms with E-state index in [2.05, 4.69) is 55.7 Å². The van der Waals surface area contributed by atoms with E-state index in [0.717, 1.165) is 19.4 Å². The minimum atomic E-state index is -0.0607. The van der Waals surface area contributed by atoms with Crippen molar-refractivity contribution in [2.75, 3.05) is 6.54 Å². The summed E-state index contributed by atoms with van der Waals surface area (Å²) in [5.41, 5.74) is 1.21. The van der Waals surface area contributed by atoms with Crippen LogP contribution >= 0.6 is 0 Å². The van der Waals surface area contributed by atoms with E-state index < -0.39 is 0 Å². The van der Waals surface area contributed by atoms with Crippen molar-refractivity contribution in [2.45, 2.75) is 64.0 Å². The number of rotatable bonds is 6. The molecule has 2 N–H and O–H groups in total. The Kier molecular flexibility index (Phi) is 5.40. The topological polar surface area (TPSA) is 41.1 Å². The zero-order valence-electron chi connectivity index (χ0n) is 13.5. The van der Waals surface area contributed by atoms with Crippen molar-refractivity contribution in [3.05, 3.63) is 35.9 Å². The highest BCUT2D eigenvalue weighted by Crippen LogP contribution is 2.28. The average molecular weight is 288 g/mol. The monoisotopic (exact) mass is 288 g/mol. The first-order valence-corrected chi connectivity index (χ1v) is 8.12. The summed E-state index contributed by atoms with van der Waals surface area (Å²) >= 11 is 0. The fourth-order valence-electron chi connectivity index (χ4n) is 3.27. The normalized spacial score (nSPS) is 20.2. The zero-order valence-corrected chi connectivity index (χ0v) is 13.5. The lowest BCUT2D eigenvalue weighted by Gasteiger charge is -2.35. The minimum absolute atomic E-state index is 0.0607. The van der Waals surface area contributed by atoms with Crippen LogP contribution in [0.5, 0.6) is 0 Å². The summed E-state index contributed by atoms with van der Waals surface area (Å²) in [6, 6.07) is 11.0. The molecular weight excluding hydrogens is 260 g/mol. The summed E-state index contributed by atoms with van der Waals surface area (Å²) in [7, 11) is 0. The van der Waals surface area contributed by atoms with Crippen LogP contribution in [-0.4, -0.2) is 24.5 Å². The van der Waals surface area contributed by atoms with Gasteiger partial charge < -0.3 is 10.6 Å². The smallest absolute Gasteiger partial charge is 0.221 e. The molecule has 1 saturated heterocycles. The summed E-state index contributed by atoms with van der Waals surface area (Å²) in [5.74, 6) is 0.172. The van der Waals surface area contributed by atoms with Crippen LogP contribution in [0.1, 0.15) is 52.0 Å². The van der Waals surface area contributed by atoms with Gasteiger partial charge in [-0.3, -0.25) is 4.79 Å². The summed E-state index contributed by atoms with van der Waals surface area (Å²) in [4.78, 5) is 12.3. The summed E-state index contributed by atoms with van der Waals surface area (Å²) in [5, 5.41) is 6.64. The van der Waals surface area contributed by atoms with Gasteiger partial charge in [-0.05, 0) is 31.4 Å². The lowest BCUT2D eigenvalue weighted by molar-refractivity contribution is -0.122. The van der Waals surface area contributed by atoms with Gasteiger partial charge in [0.15, 0.2) is 0 Å². The Bertz CT molecular complexity index is 450. The number of carbonyl (C=O) groups is 1. The Morgan fingerprint density at radius 2 is 2.10 bits per heavy atom. The minimum Gasteiger partial charge on any atom is -0.352 e. The van der Waals surface area contributed by atoms with Crippen LogP contribution in [0.15, 0.2) is 30.3 Å². The molecule has 0 bridgehead atoms. The van der Waals surface area contributed by atoms with E-state index in [1.54, 1.807) is 0 Å². The van der Waals surface area contributed by atoms with Gasteiger partial charge >= 0.3 is 0 Å². The molecule has 0 saturated carbocycles. The molecule has 0 radical (unpaired) electrons. The van der Waals surface area contributed by atoms with Gasteiger partial charge in [-0.25, -0.2) is 0 Å². The third-order valence-electron chi connectivity index (χ3n) is 4.73. The van der Waals surface area contributed by atoms with E-state index in [1.165, 1.54) is 12.0 Å². The molecule has 1 aromatic carbocycles. The molecule has 2 rings (SSSR count). The first-order chi connectivity index (χ1) is 10.0. The van der Waals surface area contributed by atoms with Gasteiger partial charge in [0.1, 0.15) is 0 Å². The standard InChI is InChI=1S/C18H28N2O/c1-4-16(18(2,3)14-9-6-5-7-10-14)20-17(21)13-15-11-8-12-19-15/h5-7,9-10,15-16,19H,4,8,11-13H2,1-3H3,(H,20,21). The molecule has 2 atom stereocenters. The maximum absolute atomic E-state index is 12.3. The SMILES string of the molecule is CCC(NC(=O)CC1CCCN1)C(C)(C)c1ccccc1. The molecule has 0 aliphatic carbocycles. The average Bonchev–Trinajstić information content (AvgIpc) is 2.98. The van der Waals surface area contributed by atoms with Crippen molar-refractivity contribution in [3.63, 3.8) is 0 Å². The quantitative estimate of drug-likeness (QED) is 0.845. The van der Waals surface area contributed by atoms with Crippen molar-refractivity contribution in [1.29, 1.82) is 0 Å². The van der Waals surface area contributed by atoms with Crippen molar-refractivity contribution in [3.8, 4) is 0 Å². The molecule has 0 spiro atoms. The molecule has 1 aromatic rings. The Morgan fingerprint density at radius 1 is 1.38 bits per heavy atom. The highest BCUT2D eigenvalue weighted by Gasteiger charge is 2.31. The maximum atomic E-state index is 12.3. The number of hydrogen-bond acceptors (Lipinski definition) is 2. The Labute approximate surface area is 128 Å². The van der Waals surface area contributed by atoms with Crippen LogP contribution in [0.2, 0.25) is 0 Å². The molecule has 1 heterocycles. The van der Waals surface area contributed by atoms with Crippen molar-refractivity contribution >= 4 is 5.91 Å². The molecule has 1 aliphatic rings. The van der Waals surface area contributed by atoms with Crippen LogP contribution in [0, 0.1) is 0 Å². The zero-order chi connectivity index (χ0) is 15.3. The van der Waals surface area contributed by atoms with Crippen LogP contribution in [0.25, 0.3) is 0 Å². The summed E-state index contributed by atoms with van der Waals surface area (Å²) in [6.07, 6.45) is 3.84. The Morgan fingerprint density at radius 3 is 2.67 bits per heavy atom. The molecule has 1 aliphatic heterocycles. The van der Waals surface area contributed by atoms with Crippen LogP contribution in [0.3, 0.4) is 0 Å². The molecule has 3 heteroatoms. The molecule has 1 amide bonds. The van der Waals surface area contributed by atoms with E-state index in [1.807, 2.05) is 6.07 Å². The fourth-order valence-corrected chi connectivity index (χ4v) is 3.27. The maximum Gasteiger partial charge on any atom is 0.221 e.